The van der Waals surface area contributed by atoms with Gasteiger partial charge >= 0.3 is 0 Å². The number of nitrogens with one attached hydrogen (secondary N) is 1. The number of nitrogens with zero attached hydrogens (tertiary/aromatic N) is 4. The molecule has 0 aromatic carbocycles. The van der Waals surface area contributed by atoms with Crippen molar-refractivity contribution in [2.45, 2.75) is 38.8 Å². The first-order valence-corrected chi connectivity index (χ1v) is 7.60. The summed E-state index contributed by atoms with van der Waals surface area (Å²) in [5.74, 6) is 1.18. The monoisotopic (exact) mass is 352 g/mol. The fraction of sp³-hybridized carbons (Fsp3) is 0.467. The number of aliphatic hydroxyl groups is 1. The van der Waals surface area contributed by atoms with E-state index in [2.05, 4.69) is 32.2 Å². The Bertz CT molecular complexity index is 596. The summed E-state index contributed by atoms with van der Waals surface area (Å²) in [4.78, 5) is 16.3. The number of hydrogen-bond donors (Lipinski definition) is 3. The lowest BCUT2D eigenvalue weighted by molar-refractivity contribution is 0.275. The highest BCUT2D eigenvalue weighted by Gasteiger charge is 2.13. The number of anilines is 2. The summed E-state index contributed by atoms with van der Waals surface area (Å²) >= 11 is 0. The lowest BCUT2D eigenvalue weighted by atomic mass is 10.1. The van der Waals surface area contributed by atoms with Crippen molar-refractivity contribution in [3.8, 4) is 5.75 Å². The standard InChI is InChI=1S/C15H22N6O2.H2S/c1-2-3-11(4-7-22)20-14-13(9-19-15(16)21-14)23-10-12-8-17-5-6-18-12;/h5-6,8-9,11,22H,2-4,7,10H2,1H3,(H3,16,19,20,21);1H2/t11-;/m0./s1. The van der Waals surface area contributed by atoms with Crippen LogP contribution in [0.5, 0.6) is 5.75 Å². The zero-order valence-corrected chi connectivity index (χ0v) is 14.6. The molecule has 4 N–H and O–H groups in total. The molecule has 0 aliphatic rings. The molecule has 2 aromatic rings. The van der Waals surface area contributed by atoms with Gasteiger partial charge in [-0.05, 0) is 12.8 Å². The van der Waals surface area contributed by atoms with E-state index >= 15 is 0 Å². The van der Waals surface area contributed by atoms with Gasteiger partial charge in [0.2, 0.25) is 5.95 Å². The number of rotatable bonds is 9. The molecule has 0 aliphatic heterocycles. The third-order valence-electron chi connectivity index (χ3n) is 3.22. The summed E-state index contributed by atoms with van der Waals surface area (Å²) in [7, 11) is 0. The average Bonchev–Trinajstić information content (AvgIpc) is 2.55. The van der Waals surface area contributed by atoms with Crippen molar-refractivity contribution in [2.24, 2.45) is 0 Å². The van der Waals surface area contributed by atoms with Crippen LogP contribution in [0.2, 0.25) is 0 Å². The highest BCUT2D eigenvalue weighted by molar-refractivity contribution is 7.59. The molecule has 0 unspecified atom stereocenters. The van der Waals surface area contributed by atoms with Crippen LogP contribution in [0.15, 0.2) is 24.8 Å². The van der Waals surface area contributed by atoms with Crippen molar-refractivity contribution in [3.63, 3.8) is 0 Å². The zero-order chi connectivity index (χ0) is 16.5. The molecule has 0 aliphatic carbocycles. The van der Waals surface area contributed by atoms with Crippen LogP contribution in [0.3, 0.4) is 0 Å². The highest BCUT2D eigenvalue weighted by Crippen LogP contribution is 2.24. The summed E-state index contributed by atoms with van der Waals surface area (Å²) in [6, 6.07) is 0.0955. The van der Waals surface area contributed by atoms with Crippen LogP contribution in [-0.2, 0) is 6.61 Å². The van der Waals surface area contributed by atoms with Crippen LogP contribution in [-0.4, -0.2) is 37.7 Å². The van der Waals surface area contributed by atoms with Crippen LogP contribution in [0.25, 0.3) is 0 Å². The molecule has 0 fully saturated rings. The molecule has 9 heteroatoms. The molecule has 2 aromatic heterocycles. The van der Waals surface area contributed by atoms with Gasteiger partial charge in [-0.1, -0.05) is 13.3 Å². The Morgan fingerprint density at radius 2 is 2.08 bits per heavy atom. The van der Waals surface area contributed by atoms with Gasteiger partial charge in [0.15, 0.2) is 11.6 Å². The van der Waals surface area contributed by atoms with Gasteiger partial charge in [0, 0.05) is 25.0 Å². The maximum Gasteiger partial charge on any atom is 0.222 e. The number of aromatic nitrogens is 4. The minimum atomic E-state index is 0. The van der Waals surface area contributed by atoms with E-state index in [0.717, 1.165) is 12.8 Å². The molecule has 8 nitrogen and oxygen atoms in total. The molecule has 1 atom stereocenters. The largest absolute Gasteiger partial charge is 0.482 e. The molecular formula is C15H24N6O2S. The second kappa shape index (κ2) is 10.6. The molecule has 0 saturated heterocycles. The first-order chi connectivity index (χ1) is 11.2. The number of ether oxygens (including phenoxy) is 1. The molecule has 2 heterocycles. The van der Waals surface area contributed by atoms with Crippen LogP contribution in [0.4, 0.5) is 11.8 Å². The van der Waals surface area contributed by atoms with E-state index in [1.54, 1.807) is 18.6 Å². The normalized spacial score (nSPS) is 11.4. The van der Waals surface area contributed by atoms with Gasteiger partial charge in [-0.25, -0.2) is 4.98 Å². The predicted octanol–water partition coefficient (Wildman–Crippen LogP) is 1.50. The topological polar surface area (TPSA) is 119 Å². The first-order valence-electron chi connectivity index (χ1n) is 7.60. The fourth-order valence-electron chi connectivity index (χ4n) is 2.14. The second-order valence-corrected chi connectivity index (χ2v) is 5.07. The Kier molecular flexibility index (Phi) is 8.80. The minimum Gasteiger partial charge on any atom is -0.482 e. The van der Waals surface area contributed by atoms with Gasteiger partial charge in [0.25, 0.3) is 0 Å². The van der Waals surface area contributed by atoms with Crippen molar-refractivity contribution in [2.75, 3.05) is 17.7 Å². The highest BCUT2D eigenvalue weighted by atomic mass is 32.1. The lowest BCUT2D eigenvalue weighted by Crippen LogP contribution is -2.22. The van der Waals surface area contributed by atoms with Gasteiger partial charge < -0.3 is 20.9 Å². The van der Waals surface area contributed by atoms with Gasteiger partial charge in [-0.2, -0.15) is 18.5 Å². The lowest BCUT2D eigenvalue weighted by Gasteiger charge is -2.19. The van der Waals surface area contributed by atoms with Gasteiger partial charge in [0.1, 0.15) is 6.61 Å². The Morgan fingerprint density at radius 1 is 1.25 bits per heavy atom. The Morgan fingerprint density at radius 3 is 2.75 bits per heavy atom. The number of nitrogen functional groups attached to an aromatic ring is 1. The summed E-state index contributed by atoms with van der Waals surface area (Å²) in [5, 5.41) is 12.4. The van der Waals surface area contributed by atoms with Crippen molar-refractivity contribution < 1.29 is 9.84 Å². The molecular weight excluding hydrogens is 328 g/mol. The molecule has 132 valence electrons. The van der Waals surface area contributed by atoms with Gasteiger partial charge in [-0.15, -0.1) is 0 Å². The molecule has 0 spiro atoms. The number of nitrogens with two attached hydrogens (primary N) is 1. The second-order valence-electron chi connectivity index (χ2n) is 5.07. The van der Waals surface area contributed by atoms with Crippen molar-refractivity contribution in [1.29, 1.82) is 0 Å². The van der Waals surface area contributed by atoms with Crippen molar-refractivity contribution in [3.05, 3.63) is 30.5 Å². The Labute approximate surface area is 148 Å². The molecule has 2 rings (SSSR count). The van der Waals surface area contributed by atoms with Gasteiger partial charge in [0.05, 0.1) is 18.1 Å². The predicted molar refractivity (Wildman–Crippen MR) is 97.2 cm³/mol. The summed E-state index contributed by atoms with van der Waals surface area (Å²) in [5.41, 5.74) is 6.37. The maximum atomic E-state index is 9.17. The Balaban J connectivity index is 0.00000288. The van der Waals surface area contributed by atoms with E-state index in [1.807, 2.05) is 0 Å². The van der Waals surface area contributed by atoms with E-state index in [9.17, 15) is 5.11 Å². The van der Waals surface area contributed by atoms with Crippen LogP contribution in [0.1, 0.15) is 31.9 Å². The van der Waals surface area contributed by atoms with E-state index in [4.69, 9.17) is 10.5 Å². The van der Waals surface area contributed by atoms with Gasteiger partial charge in [-0.3, -0.25) is 9.97 Å². The molecule has 0 amide bonds. The molecule has 0 radical (unpaired) electrons. The van der Waals surface area contributed by atoms with E-state index in [-0.39, 0.29) is 38.7 Å². The third-order valence-corrected chi connectivity index (χ3v) is 3.22. The van der Waals surface area contributed by atoms with E-state index in [0.29, 0.717) is 23.7 Å². The zero-order valence-electron chi connectivity index (χ0n) is 13.6. The quantitative estimate of drug-likeness (QED) is 0.621. The Hall–Kier alpha value is -2.13. The van der Waals surface area contributed by atoms with E-state index < -0.39 is 0 Å². The minimum absolute atomic E-state index is 0. The molecule has 0 bridgehead atoms. The van der Waals surface area contributed by atoms with Crippen LogP contribution < -0.4 is 15.8 Å². The number of hydrogen-bond acceptors (Lipinski definition) is 8. The summed E-state index contributed by atoms with van der Waals surface area (Å²) in [6.45, 7) is 2.45. The molecule has 0 saturated carbocycles. The number of aliphatic hydroxyl groups excluding tert-OH is 1. The van der Waals surface area contributed by atoms with E-state index in [1.165, 1.54) is 6.20 Å². The van der Waals surface area contributed by atoms with Crippen molar-refractivity contribution in [1.82, 2.24) is 19.9 Å². The average molecular weight is 352 g/mol. The van der Waals surface area contributed by atoms with Crippen LogP contribution in [0, 0.1) is 0 Å². The summed E-state index contributed by atoms with van der Waals surface area (Å²) in [6.07, 6.45) is 8.91. The maximum absolute atomic E-state index is 9.17. The molecule has 24 heavy (non-hydrogen) atoms. The van der Waals surface area contributed by atoms with Crippen molar-refractivity contribution >= 4 is 25.3 Å². The fourth-order valence-corrected chi connectivity index (χ4v) is 2.14. The summed E-state index contributed by atoms with van der Waals surface area (Å²) < 4.78 is 5.73. The smallest absolute Gasteiger partial charge is 0.222 e. The SMILES string of the molecule is CCC[C@@H](CCO)Nc1nc(N)ncc1OCc1cnccn1.S. The van der Waals surface area contributed by atoms with Crippen LogP contribution >= 0.6 is 13.5 Å². The first kappa shape index (κ1) is 19.9. The third kappa shape index (κ3) is 6.17.